The molecule has 4 nitrogen and oxygen atoms in total. The Balaban J connectivity index is 1.86. The van der Waals surface area contributed by atoms with Crippen molar-refractivity contribution in [2.45, 2.75) is 13.3 Å². The number of fused-ring (bicyclic) bond motifs is 1. The number of thioether (sulfide) groups is 1. The molecule has 1 aromatic carbocycles. The first-order valence-electron chi connectivity index (χ1n) is 6.92. The summed E-state index contributed by atoms with van der Waals surface area (Å²) in [5.41, 5.74) is 0. The van der Waals surface area contributed by atoms with Crippen LogP contribution >= 0.6 is 11.8 Å². The van der Waals surface area contributed by atoms with Crippen molar-refractivity contribution in [1.29, 1.82) is 0 Å². The van der Waals surface area contributed by atoms with Gasteiger partial charge in [-0.25, -0.2) is 4.98 Å². The number of nitrogens with zero attached hydrogens (tertiary/aromatic N) is 2. The van der Waals surface area contributed by atoms with E-state index in [4.69, 9.17) is 0 Å². The van der Waals surface area contributed by atoms with Crippen LogP contribution in [0.15, 0.2) is 36.5 Å². The quantitative estimate of drug-likeness (QED) is 0.874. The van der Waals surface area contributed by atoms with Crippen LogP contribution in [0, 0.1) is 5.92 Å². The van der Waals surface area contributed by atoms with Crippen LogP contribution in [0.5, 0.6) is 0 Å². The summed E-state index contributed by atoms with van der Waals surface area (Å²) in [5, 5.41) is 2.18. The minimum atomic E-state index is 0.0907. The standard InChI is InChI=1S/C16H16N2O2S/c1-11(19)21-10-12-8-15(20)18(9-12)16-14-5-3-2-4-13(14)6-7-17-16/h2-7,12H,8-10H2,1H3. The van der Waals surface area contributed by atoms with Gasteiger partial charge in [0.05, 0.1) is 0 Å². The SMILES string of the molecule is CC(=O)SCC1CC(=O)N(c2nccc3ccccc23)C1. The van der Waals surface area contributed by atoms with E-state index in [0.717, 1.165) is 16.6 Å². The van der Waals surface area contributed by atoms with Gasteiger partial charge in [0.1, 0.15) is 5.82 Å². The van der Waals surface area contributed by atoms with E-state index in [1.165, 1.54) is 11.8 Å². The molecule has 1 unspecified atom stereocenters. The van der Waals surface area contributed by atoms with Crippen LogP contribution in [0.4, 0.5) is 5.82 Å². The first-order chi connectivity index (χ1) is 10.1. The Labute approximate surface area is 127 Å². The molecule has 0 spiro atoms. The lowest BCUT2D eigenvalue weighted by Crippen LogP contribution is -2.26. The van der Waals surface area contributed by atoms with Gasteiger partial charge in [0.25, 0.3) is 0 Å². The van der Waals surface area contributed by atoms with Gasteiger partial charge in [0.2, 0.25) is 5.91 Å². The number of rotatable bonds is 3. The zero-order chi connectivity index (χ0) is 14.8. The third-order valence-electron chi connectivity index (χ3n) is 3.64. The average molecular weight is 300 g/mol. The molecule has 2 aromatic rings. The van der Waals surface area contributed by atoms with Crippen LogP contribution in [0.3, 0.4) is 0 Å². The number of pyridine rings is 1. The summed E-state index contributed by atoms with van der Waals surface area (Å²) in [7, 11) is 0. The Hall–Kier alpha value is -1.88. The minimum Gasteiger partial charge on any atom is -0.296 e. The molecule has 1 saturated heterocycles. The first kappa shape index (κ1) is 14.1. The maximum atomic E-state index is 12.3. The van der Waals surface area contributed by atoms with Crippen molar-refractivity contribution in [3.05, 3.63) is 36.5 Å². The lowest BCUT2D eigenvalue weighted by atomic mass is 10.1. The molecule has 0 bridgehead atoms. The van der Waals surface area contributed by atoms with Crippen molar-refractivity contribution < 1.29 is 9.59 Å². The lowest BCUT2D eigenvalue weighted by Gasteiger charge is -2.17. The molecule has 21 heavy (non-hydrogen) atoms. The van der Waals surface area contributed by atoms with Crippen LogP contribution < -0.4 is 4.90 Å². The predicted octanol–water partition coefficient (Wildman–Crippen LogP) is 2.87. The van der Waals surface area contributed by atoms with Crippen molar-refractivity contribution >= 4 is 39.4 Å². The molecule has 1 fully saturated rings. The van der Waals surface area contributed by atoms with Crippen LogP contribution in [-0.2, 0) is 9.59 Å². The minimum absolute atomic E-state index is 0.0907. The summed E-state index contributed by atoms with van der Waals surface area (Å²) < 4.78 is 0. The van der Waals surface area contributed by atoms with Gasteiger partial charge in [0, 0.05) is 37.2 Å². The zero-order valence-corrected chi connectivity index (χ0v) is 12.6. The second-order valence-electron chi connectivity index (χ2n) is 5.23. The number of anilines is 1. The maximum absolute atomic E-state index is 12.3. The van der Waals surface area contributed by atoms with Gasteiger partial charge in [-0.05, 0) is 17.4 Å². The number of amides is 1. The molecule has 5 heteroatoms. The molecule has 1 aliphatic heterocycles. The number of aromatic nitrogens is 1. The van der Waals surface area contributed by atoms with Crippen molar-refractivity contribution in [2.75, 3.05) is 17.2 Å². The molecule has 1 atom stereocenters. The fourth-order valence-electron chi connectivity index (χ4n) is 2.65. The molecule has 3 rings (SSSR count). The molecule has 0 N–H and O–H groups in total. The fraction of sp³-hybridized carbons (Fsp3) is 0.312. The predicted molar refractivity (Wildman–Crippen MR) is 85.3 cm³/mol. The number of benzene rings is 1. The highest BCUT2D eigenvalue weighted by Gasteiger charge is 2.32. The van der Waals surface area contributed by atoms with E-state index in [2.05, 4.69) is 4.98 Å². The Morgan fingerprint density at radius 1 is 1.38 bits per heavy atom. The zero-order valence-electron chi connectivity index (χ0n) is 11.8. The summed E-state index contributed by atoms with van der Waals surface area (Å²) in [6.07, 6.45) is 2.23. The molecule has 1 aliphatic rings. The van der Waals surface area contributed by atoms with Gasteiger partial charge in [0.15, 0.2) is 5.12 Å². The summed E-state index contributed by atoms with van der Waals surface area (Å²) in [6, 6.07) is 9.89. The number of carbonyl (C=O) groups excluding carboxylic acids is 2. The lowest BCUT2D eigenvalue weighted by molar-refractivity contribution is -0.117. The van der Waals surface area contributed by atoms with Crippen molar-refractivity contribution in [3.8, 4) is 0 Å². The number of hydrogen-bond acceptors (Lipinski definition) is 4. The van der Waals surface area contributed by atoms with Crippen LogP contribution in [0.25, 0.3) is 10.8 Å². The van der Waals surface area contributed by atoms with E-state index >= 15 is 0 Å². The van der Waals surface area contributed by atoms with Gasteiger partial charge in [-0.3, -0.25) is 14.5 Å². The topological polar surface area (TPSA) is 50.3 Å². The highest BCUT2D eigenvalue weighted by molar-refractivity contribution is 8.13. The van der Waals surface area contributed by atoms with Gasteiger partial charge < -0.3 is 0 Å². The van der Waals surface area contributed by atoms with E-state index in [1.54, 1.807) is 18.0 Å². The average Bonchev–Trinajstić information content (AvgIpc) is 2.85. The number of hydrogen-bond donors (Lipinski definition) is 0. The number of carbonyl (C=O) groups is 2. The third kappa shape index (κ3) is 2.93. The summed E-state index contributed by atoms with van der Waals surface area (Å²) in [6.45, 7) is 2.20. The van der Waals surface area contributed by atoms with Crippen LogP contribution in [-0.4, -0.2) is 28.3 Å². The van der Waals surface area contributed by atoms with E-state index in [9.17, 15) is 9.59 Å². The van der Waals surface area contributed by atoms with Crippen LogP contribution in [0.1, 0.15) is 13.3 Å². The van der Waals surface area contributed by atoms with E-state index < -0.39 is 0 Å². The van der Waals surface area contributed by atoms with E-state index in [0.29, 0.717) is 18.7 Å². The molecular formula is C16H16N2O2S. The largest absolute Gasteiger partial charge is 0.296 e. The monoisotopic (exact) mass is 300 g/mol. The molecule has 108 valence electrons. The smallest absolute Gasteiger partial charge is 0.228 e. The highest BCUT2D eigenvalue weighted by Crippen LogP contribution is 2.30. The van der Waals surface area contributed by atoms with Crippen molar-refractivity contribution in [1.82, 2.24) is 4.98 Å². The molecular weight excluding hydrogens is 284 g/mol. The molecule has 2 heterocycles. The van der Waals surface area contributed by atoms with Gasteiger partial charge in [-0.2, -0.15) is 0 Å². The Bertz CT molecular complexity index is 696. The second-order valence-corrected chi connectivity index (χ2v) is 6.43. The van der Waals surface area contributed by atoms with Crippen molar-refractivity contribution in [2.24, 2.45) is 5.92 Å². The maximum Gasteiger partial charge on any atom is 0.228 e. The molecule has 0 saturated carbocycles. The van der Waals surface area contributed by atoms with E-state index in [1.807, 2.05) is 30.3 Å². The van der Waals surface area contributed by atoms with Gasteiger partial charge in [-0.1, -0.05) is 36.0 Å². The molecule has 0 radical (unpaired) electrons. The molecule has 1 aromatic heterocycles. The first-order valence-corrected chi connectivity index (χ1v) is 7.91. The van der Waals surface area contributed by atoms with Crippen molar-refractivity contribution in [3.63, 3.8) is 0 Å². The van der Waals surface area contributed by atoms with Gasteiger partial charge in [-0.15, -0.1) is 0 Å². The van der Waals surface area contributed by atoms with Gasteiger partial charge >= 0.3 is 0 Å². The van der Waals surface area contributed by atoms with E-state index in [-0.39, 0.29) is 16.9 Å². The highest BCUT2D eigenvalue weighted by atomic mass is 32.2. The Morgan fingerprint density at radius 3 is 3.00 bits per heavy atom. The van der Waals surface area contributed by atoms with Crippen LogP contribution in [0.2, 0.25) is 0 Å². The third-order valence-corrected chi connectivity index (χ3v) is 4.68. The summed E-state index contributed by atoms with van der Waals surface area (Å²) in [5.74, 6) is 1.73. The Morgan fingerprint density at radius 2 is 2.19 bits per heavy atom. The summed E-state index contributed by atoms with van der Waals surface area (Å²) in [4.78, 5) is 29.5. The Kier molecular flexibility index (Phi) is 3.92. The fourth-order valence-corrected chi connectivity index (χ4v) is 3.35. The summed E-state index contributed by atoms with van der Waals surface area (Å²) >= 11 is 1.29. The normalized spacial score (nSPS) is 18.4. The second kappa shape index (κ2) is 5.85. The molecule has 0 aliphatic carbocycles. The molecule has 1 amide bonds.